The molecule has 1 aliphatic heterocycles. The van der Waals surface area contributed by atoms with Crippen LogP contribution in [0.3, 0.4) is 0 Å². The van der Waals surface area contributed by atoms with Crippen LogP contribution in [0.2, 0.25) is 0 Å². The van der Waals surface area contributed by atoms with E-state index in [1.807, 2.05) is 6.07 Å². The zero-order chi connectivity index (χ0) is 14.2. The number of ether oxygens (including phenoxy) is 1. The van der Waals surface area contributed by atoms with Gasteiger partial charge in [0.1, 0.15) is 12.4 Å². The maximum absolute atomic E-state index is 8.69. The first-order chi connectivity index (χ1) is 9.79. The van der Waals surface area contributed by atoms with Crippen molar-refractivity contribution in [2.24, 2.45) is 5.73 Å². The van der Waals surface area contributed by atoms with E-state index < -0.39 is 0 Å². The molecular weight excluding hydrogens is 256 g/mol. The van der Waals surface area contributed by atoms with Crippen LogP contribution in [0.25, 0.3) is 5.70 Å². The maximum atomic E-state index is 8.69. The van der Waals surface area contributed by atoms with Gasteiger partial charge < -0.3 is 26.2 Å². The summed E-state index contributed by atoms with van der Waals surface area (Å²) < 4.78 is 5.68. The fourth-order valence-electron chi connectivity index (χ4n) is 1.79. The van der Waals surface area contributed by atoms with Crippen molar-refractivity contribution < 1.29 is 9.84 Å². The molecule has 5 N–H and O–H groups in total. The summed E-state index contributed by atoms with van der Waals surface area (Å²) >= 11 is 0. The van der Waals surface area contributed by atoms with Crippen molar-refractivity contribution in [3.8, 4) is 5.75 Å². The number of aromatic nitrogens is 1. The highest BCUT2D eigenvalue weighted by atomic mass is 16.5. The molecule has 0 bridgehead atoms. The fourth-order valence-corrected chi connectivity index (χ4v) is 1.79. The number of aliphatic hydroxyl groups excluding tert-OH is 1. The lowest BCUT2D eigenvalue weighted by Gasteiger charge is -2.27. The van der Waals surface area contributed by atoms with E-state index in [2.05, 4.69) is 15.6 Å². The lowest BCUT2D eigenvalue weighted by molar-refractivity contribution is 0.217. The third-order valence-corrected chi connectivity index (χ3v) is 3.16. The zero-order valence-electron chi connectivity index (χ0n) is 11.5. The fraction of sp³-hybridized carbons (Fsp3) is 0.500. The summed E-state index contributed by atoms with van der Waals surface area (Å²) in [4.78, 5) is 4.14. The molecule has 1 aromatic heterocycles. The van der Waals surface area contributed by atoms with Crippen molar-refractivity contribution in [2.45, 2.75) is 18.9 Å². The van der Waals surface area contributed by atoms with Gasteiger partial charge in [-0.1, -0.05) is 0 Å². The Bertz CT molecular complexity index is 447. The van der Waals surface area contributed by atoms with Crippen molar-refractivity contribution in [3.63, 3.8) is 0 Å². The molecule has 6 nitrogen and oxygen atoms in total. The van der Waals surface area contributed by atoms with Crippen molar-refractivity contribution in [1.29, 1.82) is 0 Å². The number of nitrogens with zero attached hydrogens (tertiary/aromatic N) is 1. The van der Waals surface area contributed by atoms with Crippen LogP contribution >= 0.6 is 0 Å². The second-order valence-corrected chi connectivity index (χ2v) is 4.79. The summed E-state index contributed by atoms with van der Waals surface area (Å²) in [6.07, 6.45) is 6.97. The molecule has 0 aliphatic carbocycles. The van der Waals surface area contributed by atoms with Gasteiger partial charge in [-0.2, -0.15) is 0 Å². The van der Waals surface area contributed by atoms with Crippen LogP contribution in [0.5, 0.6) is 5.75 Å². The van der Waals surface area contributed by atoms with Crippen LogP contribution in [-0.4, -0.2) is 42.4 Å². The van der Waals surface area contributed by atoms with E-state index in [-0.39, 0.29) is 6.61 Å². The molecule has 0 amide bonds. The quantitative estimate of drug-likeness (QED) is 0.502. The molecule has 1 saturated heterocycles. The number of aliphatic hydroxyl groups is 1. The smallest absolute Gasteiger partial charge is 0.138 e. The van der Waals surface area contributed by atoms with Crippen LogP contribution in [0, 0.1) is 0 Å². The molecular formula is C14H22N4O2. The van der Waals surface area contributed by atoms with E-state index in [0.29, 0.717) is 31.3 Å². The summed E-state index contributed by atoms with van der Waals surface area (Å²) in [7, 11) is 0. The second kappa shape index (κ2) is 7.72. The van der Waals surface area contributed by atoms with Crippen molar-refractivity contribution in [1.82, 2.24) is 15.6 Å². The average Bonchev–Trinajstić information content (AvgIpc) is 2.42. The number of nitrogens with two attached hydrogens (primary N) is 1. The molecule has 20 heavy (non-hydrogen) atoms. The number of pyridine rings is 1. The summed E-state index contributed by atoms with van der Waals surface area (Å²) in [6, 6.07) is 2.33. The van der Waals surface area contributed by atoms with Crippen LogP contribution in [0.15, 0.2) is 24.7 Å². The molecule has 1 aliphatic rings. The predicted molar refractivity (Wildman–Crippen MR) is 78.0 cm³/mol. The monoisotopic (exact) mass is 278 g/mol. The van der Waals surface area contributed by atoms with Gasteiger partial charge in [0.25, 0.3) is 0 Å². The SMILES string of the molecule is N/C(=C\NCCCO)c1cncc(OCC2CCN2)c1. The Hall–Kier alpha value is -1.79. The molecule has 0 aromatic carbocycles. The van der Waals surface area contributed by atoms with Gasteiger partial charge in [0.05, 0.1) is 11.9 Å². The highest BCUT2D eigenvalue weighted by molar-refractivity contribution is 5.62. The first-order valence-corrected chi connectivity index (χ1v) is 6.91. The minimum Gasteiger partial charge on any atom is -0.490 e. The predicted octanol–water partition coefficient (Wildman–Crippen LogP) is 0.0514. The third-order valence-electron chi connectivity index (χ3n) is 3.16. The van der Waals surface area contributed by atoms with Crippen LogP contribution in [0.1, 0.15) is 18.4 Å². The first-order valence-electron chi connectivity index (χ1n) is 6.91. The van der Waals surface area contributed by atoms with Gasteiger partial charge in [0.2, 0.25) is 0 Å². The lowest BCUT2D eigenvalue weighted by atomic mass is 10.1. The first kappa shape index (κ1) is 14.6. The molecule has 1 fully saturated rings. The molecule has 110 valence electrons. The van der Waals surface area contributed by atoms with E-state index in [9.17, 15) is 0 Å². The van der Waals surface area contributed by atoms with E-state index in [1.165, 1.54) is 0 Å². The molecule has 2 rings (SSSR count). The standard InChI is InChI=1S/C14H22N4O2/c15-14(9-16-3-1-5-19)11-6-13(8-17-7-11)20-10-12-2-4-18-12/h6-9,12,16,18-19H,1-5,10,15H2/b14-9-. The molecule has 0 radical (unpaired) electrons. The largest absolute Gasteiger partial charge is 0.490 e. The molecule has 1 unspecified atom stereocenters. The number of nitrogens with one attached hydrogen (secondary N) is 2. The molecule has 1 atom stereocenters. The Morgan fingerprint density at radius 1 is 1.60 bits per heavy atom. The Labute approximate surface area is 119 Å². The summed E-state index contributed by atoms with van der Waals surface area (Å²) in [5, 5.41) is 15.0. The lowest BCUT2D eigenvalue weighted by Crippen LogP contribution is -2.46. The summed E-state index contributed by atoms with van der Waals surface area (Å²) in [6.45, 7) is 2.58. The minimum absolute atomic E-state index is 0.167. The third kappa shape index (κ3) is 4.40. The minimum atomic E-state index is 0.167. The van der Waals surface area contributed by atoms with Gasteiger partial charge in [0, 0.05) is 37.2 Å². The van der Waals surface area contributed by atoms with E-state index >= 15 is 0 Å². The molecule has 2 heterocycles. The summed E-state index contributed by atoms with van der Waals surface area (Å²) in [5.74, 6) is 0.725. The maximum Gasteiger partial charge on any atom is 0.138 e. The summed E-state index contributed by atoms with van der Waals surface area (Å²) in [5.41, 5.74) is 7.39. The topological polar surface area (TPSA) is 92.4 Å². The van der Waals surface area contributed by atoms with Crippen molar-refractivity contribution >= 4 is 5.70 Å². The van der Waals surface area contributed by atoms with Gasteiger partial charge in [-0.05, 0) is 25.5 Å². The van der Waals surface area contributed by atoms with Crippen LogP contribution in [-0.2, 0) is 0 Å². The molecule has 6 heteroatoms. The highest BCUT2D eigenvalue weighted by Gasteiger charge is 2.16. The van der Waals surface area contributed by atoms with E-state index in [4.69, 9.17) is 15.6 Å². The Morgan fingerprint density at radius 2 is 2.45 bits per heavy atom. The molecule has 0 spiro atoms. The van der Waals surface area contributed by atoms with Gasteiger partial charge >= 0.3 is 0 Å². The van der Waals surface area contributed by atoms with Crippen LogP contribution in [0.4, 0.5) is 0 Å². The van der Waals surface area contributed by atoms with Crippen molar-refractivity contribution in [3.05, 3.63) is 30.2 Å². The van der Waals surface area contributed by atoms with Gasteiger partial charge in [0.15, 0.2) is 0 Å². The number of rotatable bonds is 8. The highest BCUT2D eigenvalue weighted by Crippen LogP contribution is 2.16. The normalized spacial score (nSPS) is 18.4. The Morgan fingerprint density at radius 3 is 3.15 bits per heavy atom. The van der Waals surface area contributed by atoms with Crippen LogP contribution < -0.4 is 21.1 Å². The van der Waals surface area contributed by atoms with E-state index in [0.717, 1.165) is 24.3 Å². The second-order valence-electron chi connectivity index (χ2n) is 4.79. The number of hydrogen-bond acceptors (Lipinski definition) is 6. The average molecular weight is 278 g/mol. The Balaban J connectivity index is 1.86. The van der Waals surface area contributed by atoms with Gasteiger partial charge in [-0.3, -0.25) is 4.98 Å². The number of hydrogen-bond donors (Lipinski definition) is 4. The molecule has 0 saturated carbocycles. The zero-order valence-corrected chi connectivity index (χ0v) is 11.5. The van der Waals surface area contributed by atoms with Gasteiger partial charge in [-0.25, -0.2) is 0 Å². The Kier molecular flexibility index (Phi) is 5.64. The molecule has 1 aromatic rings. The van der Waals surface area contributed by atoms with E-state index in [1.54, 1.807) is 18.6 Å². The van der Waals surface area contributed by atoms with Crippen molar-refractivity contribution in [2.75, 3.05) is 26.3 Å². The van der Waals surface area contributed by atoms with Gasteiger partial charge in [-0.15, -0.1) is 0 Å².